The van der Waals surface area contributed by atoms with Crippen LogP contribution in [0.4, 0.5) is 4.39 Å². The van der Waals surface area contributed by atoms with Crippen LogP contribution in [0.15, 0.2) is 73.3 Å². The summed E-state index contributed by atoms with van der Waals surface area (Å²) in [6, 6.07) is 13.2. The molecule has 3 rings (SSSR count). The van der Waals surface area contributed by atoms with Gasteiger partial charge in [0.05, 0.1) is 18.4 Å². The Balaban J connectivity index is 1.62. The quantitative estimate of drug-likeness (QED) is 0.663. The summed E-state index contributed by atoms with van der Waals surface area (Å²) in [5, 5.41) is 2.87. The molecule has 0 aliphatic carbocycles. The van der Waals surface area contributed by atoms with E-state index < -0.39 is 0 Å². The Labute approximate surface area is 156 Å². The molecule has 27 heavy (non-hydrogen) atoms. The van der Waals surface area contributed by atoms with Gasteiger partial charge in [-0.1, -0.05) is 24.3 Å². The third-order valence-corrected chi connectivity index (χ3v) is 3.77. The molecule has 0 spiro atoms. The number of rotatable bonds is 6. The maximum atomic E-state index is 13.2. The lowest BCUT2D eigenvalue weighted by Crippen LogP contribution is -2.24. The average molecular weight is 363 g/mol. The highest BCUT2D eigenvalue weighted by atomic mass is 19.1. The second-order valence-electron chi connectivity index (χ2n) is 5.87. The zero-order valence-corrected chi connectivity index (χ0v) is 14.7. The van der Waals surface area contributed by atoms with E-state index in [2.05, 4.69) is 15.3 Å². The van der Waals surface area contributed by atoms with Crippen molar-refractivity contribution in [3.63, 3.8) is 0 Å². The first-order chi connectivity index (χ1) is 13.1. The molecular weight excluding hydrogens is 345 g/mol. The van der Waals surface area contributed by atoms with Gasteiger partial charge in [-0.3, -0.25) is 4.79 Å². The van der Waals surface area contributed by atoms with Crippen LogP contribution >= 0.6 is 0 Å². The van der Waals surface area contributed by atoms with Crippen LogP contribution in [0.5, 0.6) is 11.5 Å². The van der Waals surface area contributed by atoms with Crippen molar-refractivity contribution in [3.8, 4) is 11.5 Å². The van der Waals surface area contributed by atoms with Crippen molar-refractivity contribution in [2.24, 2.45) is 0 Å². The van der Waals surface area contributed by atoms with Crippen molar-refractivity contribution in [2.75, 3.05) is 0 Å². The summed E-state index contributed by atoms with van der Waals surface area (Å²) in [6.07, 6.45) is 7.52. The van der Waals surface area contributed by atoms with E-state index in [1.807, 2.05) is 31.2 Å². The molecule has 0 radical (unpaired) electrons. The third-order valence-electron chi connectivity index (χ3n) is 3.77. The molecule has 0 bridgehead atoms. The minimum atomic E-state index is -0.341. The van der Waals surface area contributed by atoms with Crippen molar-refractivity contribution in [2.45, 2.75) is 13.0 Å². The number of ether oxygens (including phenoxy) is 1. The topological polar surface area (TPSA) is 64.1 Å². The van der Waals surface area contributed by atoms with Crippen LogP contribution in [0.2, 0.25) is 0 Å². The molecule has 6 heteroatoms. The molecule has 5 nitrogen and oxygen atoms in total. The van der Waals surface area contributed by atoms with Gasteiger partial charge in [0, 0.05) is 6.08 Å². The number of hydrogen-bond donors (Lipinski definition) is 1. The predicted octanol–water partition coefficient (Wildman–Crippen LogP) is 4.30. The van der Waals surface area contributed by atoms with Crippen LogP contribution in [-0.4, -0.2) is 15.9 Å². The lowest BCUT2D eigenvalue weighted by atomic mass is 10.1. The van der Waals surface area contributed by atoms with E-state index in [0.29, 0.717) is 17.1 Å². The maximum absolute atomic E-state index is 13.2. The largest absolute Gasteiger partial charge is 0.454 e. The first-order valence-corrected chi connectivity index (χ1v) is 8.37. The number of aromatic nitrogens is 2. The van der Waals surface area contributed by atoms with Gasteiger partial charge in [0.2, 0.25) is 5.91 Å². The van der Waals surface area contributed by atoms with E-state index in [1.165, 1.54) is 24.5 Å². The molecule has 0 saturated carbocycles. The van der Waals surface area contributed by atoms with Crippen molar-refractivity contribution in [1.82, 2.24) is 15.3 Å². The first-order valence-electron chi connectivity index (χ1n) is 8.37. The molecule has 2 aromatic carbocycles. The Bertz CT molecular complexity index is 945. The Morgan fingerprint density at radius 2 is 1.89 bits per heavy atom. The maximum Gasteiger partial charge on any atom is 0.244 e. The molecule has 0 aliphatic heterocycles. The number of carbonyl (C=O) groups excluding carboxylic acids is 1. The number of benzene rings is 2. The van der Waals surface area contributed by atoms with Gasteiger partial charge in [0.15, 0.2) is 5.75 Å². The van der Waals surface area contributed by atoms with Gasteiger partial charge < -0.3 is 10.1 Å². The molecule has 1 atom stereocenters. The Hall–Kier alpha value is -3.54. The highest BCUT2D eigenvalue weighted by Crippen LogP contribution is 2.23. The minimum absolute atomic E-state index is 0.231. The molecule has 0 fully saturated rings. The van der Waals surface area contributed by atoms with E-state index in [0.717, 1.165) is 5.56 Å². The predicted molar refractivity (Wildman–Crippen MR) is 101 cm³/mol. The fourth-order valence-electron chi connectivity index (χ4n) is 2.45. The number of amides is 1. The van der Waals surface area contributed by atoms with Gasteiger partial charge in [0.25, 0.3) is 0 Å². The van der Waals surface area contributed by atoms with E-state index in [4.69, 9.17) is 4.74 Å². The van der Waals surface area contributed by atoms with E-state index in [-0.39, 0.29) is 17.8 Å². The zero-order chi connectivity index (χ0) is 19.1. The SMILES string of the molecule is C[C@H](NC(=O)/C=C/c1cccc(F)c1)c1cccc(Oc2cncnc2)c1. The smallest absolute Gasteiger partial charge is 0.244 e. The summed E-state index contributed by atoms with van der Waals surface area (Å²) >= 11 is 0. The highest BCUT2D eigenvalue weighted by molar-refractivity contribution is 5.91. The van der Waals surface area contributed by atoms with E-state index in [9.17, 15) is 9.18 Å². The lowest BCUT2D eigenvalue weighted by Gasteiger charge is -2.14. The molecule has 1 heterocycles. The average Bonchev–Trinajstić information content (AvgIpc) is 2.67. The lowest BCUT2D eigenvalue weighted by molar-refractivity contribution is -0.117. The van der Waals surface area contributed by atoms with Crippen molar-refractivity contribution < 1.29 is 13.9 Å². The normalized spacial score (nSPS) is 11.9. The van der Waals surface area contributed by atoms with Gasteiger partial charge in [-0.15, -0.1) is 0 Å². The van der Waals surface area contributed by atoms with Crippen molar-refractivity contribution >= 4 is 12.0 Å². The number of hydrogen-bond acceptors (Lipinski definition) is 4. The van der Waals surface area contributed by atoms with Gasteiger partial charge in [-0.25, -0.2) is 14.4 Å². The second-order valence-corrected chi connectivity index (χ2v) is 5.87. The van der Waals surface area contributed by atoms with Gasteiger partial charge in [-0.05, 0) is 48.4 Å². The Kier molecular flexibility index (Phi) is 5.89. The van der Waals surface area contributed by atoms with Crippen LogP contribution in [0, 0.1) is 5.82 Å². The minimum Gasteiger partial charge on any atom is -0.454 e. The standard InChI is InChI=1S/C21H18FN3O2/c1-15(25-21(26)9-8-16-4-2-6-18(22)10-16)17-5-3-7-19(11-17)27-20-12-23-14-24-13-20/h2-15H,1H3,(H,25,26)/b9-8+/t15-/m0/s1. The molecule has 0 aliphatic rings. The van der Waals surface area contributed by atoms with Gasteiger partial charge >= 0.3 is 0 Å². The molecular formula is C21H18FN3O2. The summed E-state index contributed by atoms with van der Waals surface area (Å²) in [5.74, 6) is 0.546. The van der Waals surface area contributed by atoms with Crippen molar-refractivity contribution in [3.05, 3.63) is 90.3 Å². The summed E-state index contributed by atoms with van der Waals surface area (Å²) < 4.78 is 18.9. The molecule has 0 unspecified atom stereocenters. The van der Waals surface area contributed by atoms with E-state index >= 15 is 0 Å². The van der Waals surface area contributed by atoms with Crippen LogP contribution < -0.4 is 10.1 Å². The molecule has 1 N–H and O–H groups in total. The molecule has 0 saturated heterocycles. The number of nitrogens with one attached hydrogen (secondary N) is 1. The van der Waals surface area contributed by atoms with Gasteiger partial charge in [0.1, 0.15) is 17.9 Å². The number of carbonyl (C=O) groups is 1. The second kappa shape index (κ2) is 8.71. The first kappa shape index (κ1) is 18.3. The fraction of sp³-hybridized carbons (Fsp3) is 0.0952. The Morgan fingerprint density at radius 1 is 1.11 bits per heavy atom. The van der Waals surface area contributed by atoms with Crippen molar-refractivity contribution in [1.29, 1.82) is 0 Å². The third kappa shape index (κ3) is 5.47. The van der Waals surface area contributed by atoms with Gasteiger partial charge in [-0.2, -0.15) is 0 Å². The fourth-order valence-corrected chi connectivity index (χ4v) is 2.45. The van der Waals surface area contributed by atoms with Crippen LogP contribution in [0.3, 0.4) is 0 Å². The summed E-state index contributed by atoms with van der Waals surface area (Å²) in [4.78, 5) is 19.9. The molecule has 3 aromatic rings. The zero-order valence-electron chi connectivity index (χ0n) is 14.7. The number of halogens is 1. The molecule has 1 aromatic heterocycles. The molecule has 1 amide bonds. The monoisotopic (exact) mass is 363 g/mol. The van der Waals surface area contributed by atoms with Crippen LogP contribution in [0.1, 0.15) is 24.1 Å². The van der Waals surface area contributed by atoms with Crippen LogP contribution in [0.25, 0.3) is 6.08 Å². The highest BCUT2D eigenvalue weighted by Gasteiger charge is 2.09. The summed E-state index contributed by atoms with van der Waals surface area (Å²) in [7, 11) is 0. The summed E-state index contributed by atoms with van der Waals surface area (Å²) in [5.41, 5.74) is 1.51. The molecule has 136 valence electrons. The summed E-state index contributed by atoms with van der Waals surface area (Å²) in [6.45, 7) is 1.87. The Morgan fingerprint density at radius 3 is 2.67 bits per heavy atom. The number of nitrogens with zero attached hydrogens (tertiary/aromatic N) is 2. The van der Waals surface area contributed by atoms with Crippen LogP contribution in [-0.2, 0) is 4.79 Å². The van der Waals surface area contributed by atoms with E-state index in [1.54, 1.807) is 30.6 Å².